The topological polar surface area (TPSA) is 34.1 Å². The predicted octanol–water partition coefficient (Wildman–Crippen LogP) is 10.7. The Balaban J connectivity index is -0.00000118. The number of unbranched alkanes of at least 4 members (excludes halogenated alkanes) is 2. The number of carbonyl (C=O) groups is 2. The second-order valence-electron chi connectivity index (χ2n) is 11.0. The van der Waals surface area contributed by atoms with E-state index in [1.165, 1.54) is 23.7 Å². The van der Waals surface area contributed by atoms with Crippen LogP contribution < -0.4 is 0 Å². The highest BCUT2D eigenvalue weighted by Gasteiger charge is 2.33. The fraction of sp³-hybridized carbons (Fsp3) is 0.758. The summed E-state index contributed by atoms with van der Waals surface area (Å²) in [5, 5.41) is 0. The number of alkyl halides is 1. The third kappa shape index (κ3) is 16.8. The van der Waals surface area contributed by atoms with E-state index in [1.54, 1.807) is 6.92 Å². The zero-order chi connectivity index (χ0) is 28.9. The quantitative estimate of drug-likeness (QED) is 0.0844. The maximum Gasteiger partial charge on any atom is 0.169 e. The molecule has 0 fully saturated rings. The highest BCUT2D eigenvalue weighted by Crippen LogP contribution is 2.36. The summed E-state index contributed by atoms with van der Waals surface area (Å²) in [5.41, 5.74) is 7.37. The molecule has 0 heterocycles. The van der Waals surface area contributed by atoms with Gasteiger partial charge in [0.05, 0.1) is 0 Å². The fourth-order valence-corrected chi connectivity index (χ4v) is 5.17. The molecular formula is C33H59IO2. The van der Waals surface area contributed by atoms with Crippen LogP contribution in [0.4, 0.5) is 0 Å². The van der Waals surface area contributed by atoms with E-state index in [4.69, 9.17) is 0 Å². The summed E-state index contributed by atoms with van der Waals surface area (Å²) < 4.78 is 1.31. The first-order valence-electron chi connectivity index (χ1n) is 14.2. The average molecular weight is 615 g/mol. The molecule has 0 aromatic rings. The normalized spacial score (nSPS) is 13.8. The summed E-state index contributed by atoms with van der Waals surface area (Å²) in [5.74, 6) is 0.323. The smallest absolute Gasteiger partial charge is 0.169 e. The third-order valence-corrected chi connectivity index (χ3v) is 7.27. The SMILES string of the molecule is C=C=C(C)C(=O)C(CCCC)C(C)C(=C=C)C(C)CC(=O)C(CC)C(C)(C)C.CCC.CCCCI. The molecule has 4 atom stereocenters. The van der Waals surface area contributed by atoms with Crippen molar-refractivity contribution in [3.05, 3.63) is 35.8 Å². The number of carbonyl (C=O) groups excluding carboxylic acids is 2. The number of halogens is 1. The second-order valence-corrected chi connectivity index (χ2v) is 12.1. The van der Waals surface area contributed by atoms with Crippen LogP contribution in [0, 0.1) is 29.1 Å². The number of rotatable bonds is 14. The number of hydrogen-bond donors (Lipinski definition) is 0. The summed E-state index contributed by atoms with van der Waals surface area (Å²) >= 11 is 2.39. The first-order valence-corrected chi connectivity index (χ1v) is 15.7. The van der Waals surface area contributed by atoms with Crippen LogP contribution in [-0.4, -0.2) is 16.0 Å². The maximum absolute atomic E-state index is 13.0. The van der Waals surface area contributed by atoms with E-state index in [1.807, 2.05) is 0 Å². The first-order chi connectivity index (χ1) is 16.8. The minimum absolute atomic E-state index is 0.00244. The molecule has 2 nitrogen and oxygen atoms in total. The maximum atomic E-state index is 13.0. The van der Waals surface area contributed by atoms with Crippen molar-refractivity contribution in [2.45, 2.75) is 128 Å². The molecule has 0 bridgehead atoms. The van der Waals surface area contributed by atoms with Gasteiger partial charge < -0.3 is 0 Å². The molecule has 0 aliphatic carbocycles. The standard InChI is InChI=1S/C26H42O2.C4H9I.C3H8/c1-11-15-16-22(25(28)18(5)12-2)20(7)21(13-3)19(6)17-24(27)23(14-4)26(8,9)10;1-2-3-4-5;1-3-2/h19-20,22-23H,2-3,11,14-17H2,1,4-10H3;2-4H2,1H3;3H2,1-2H3. The van der Waals surface area contributed by atoms with Gasteiger partial charge in [-0.25, -0.2) is 0 Å². The van der Waals surface area contributed by atoms with E-state index in [0.717, 1.165) is 31.3 Å². The van der Waals surface area contributed by atoms with Gasteiger partial charge in [-0.3, -0.25) is 9.59 Å². The van der Waals surface area contributed by atoms with Crippen LogP contribution in [0.3, 0.4) is 0 Å². The van der Waals surface area contributed by atoms with Gasteiger partial charge in [-0.2, -0.15) is 0 Å². The Bertz CT molecular complexity index is 698. The fourth-order valence-electron chi connectivity index (χ4n) is 4.41. The summed E-state index contributed by atoms with van der Waals surface area (Å²) in [6.07, 6.45) is 8.13. The first kappa shape index (κ1) is 39.6. The van der Waals surface area contributed by atoms with Crippen LogP contribution >= 0.6 is 22.6 Å². The Morgan fingerprint density at radius 1 is 0.917 bits per heavy atom. The van der Waals surface area contributed by atoms with E-state index in [0.29, 0.717) is 17.8 Å². The molecule has 0 amide bonds. The van der Waals surface area contributed by atoms with E-state index in [9.17, 15) is 9.59 Å². The van der Waals surface area contributed by atoms with Gasteiger partial charge in [0.15, 0.2) is 5.78 Å². The van der Waals surface area contributed by atoms with Crippen LogP contribution in [0.15, 0.2) is 35.8 Å². The van der Waals surface area contributed by atoms with Crippen LogP contribution in [-0.2, 0) is 9.59 Å². The van der Waals surface area contributed by atoms with Crippen LogP contribution in [0.1, 0.15) is 128 Å². The minimum Gasteiger partial charge on any atom is -0.299 e. The number of Topliss-reactive ketones (excluding diaryl/α,β-unsaturated/α-hetero) is 2. The van der Waals surface area contributed by atoms with E-state index in [-0.39, 0.29) is 34.9 Å². The predicted molar refractivity (Wildman–Crippen MR) is 170 cm³/mol. The summed E-state index contributed by atoms with van der Waals surface area (Å²) in [6, 6.07) is 0. The Labute approximate surface area is 239 Å². The molecule has 0 aromatic carbocycles. The summed E-state index contributed by atoms with van der Waals surface area (Å²) in [7, 11) is 0. The third-order valence-electron chi connectivity index (χ3n) is 6.51. The van der Waals surface area contributed by atoms with Gasteiger partial charge in [0.2, 0.25) is 0 Å². The lowest BCUT2D eigenvalue weighted by atomic mass is 9.72. The monoisotopic (exact) mass is 614 g/mol. The summed E-state index contributed by atoms with van der Waals surface area (Å²) in [6.45, 7) is 30.5. The van der Waals surface area contributed by atoms with Gasteiger partial charge in [-0.05, 0) is 53.4 Å². The van der Waals surface area contributed by atoms with Gasteiger partial charge in [0, 0.05) is 23.8 Å². The molecule has 0 saturated heterocycles. The van der Waals surface area contributed by atoms with Crippen molar-refractivity contribution in [2.24, 2.45) is 29.1 Å². The zero-order valence-electron chi connectivity index (χ0n) is 25.8. The number of allylic oxidation sites excluding steroid dienone is 2. The van der Waals surface area contributed by atoms with Crippen LogP contribution in [0.25, 0.3) is 0 Å². The van der Waals surface area contributed by atoms with Gasteiger partial charge >= 0.3 is 0 Å². The Morgan fingerprint density at radius 3 is 1.72 bits per heavy atom. The molecular weight excluding hydrogens is 555 g/mol. The largest absolute Gasteiger partial charge is 0.299 e. The van der Waals surface area contributed by atoms with Crippen LogP contribution in [0.5, 0.6) is 0 Å². The molecule has 36 heavy (non-hydrogen) atoms. The van der Waals surface area contributed by atoms with Gasteiger partial charge in [0.1, 0.15) is 5.78 Å². The van der Waals surface area contributed by atoms with Crippen LogP contribution in [0.2, 0.25) is 0 Å². The molecule has 4 unspecified atom stereocenters. The molecule has 0 rings (SSSR count). The second kappa shape index (κ2) is 23.2. The Hall–Kier alpha value is -0.890. The van der Waals surface area contributed by atoms with Crippen molar-refractivity contribution in [2.75, 3.05) is 4.43 Å². The molecule has 0 spiro atoms. The molecule has 0 N–H and O–H groups in total. The lowest BCUT2D eigenvalue weighted by molar-refractivity contribution is -0.126. The molecule has 3 heteroatoms. The van der Waals surface area contributed by atoms with Gasteiger partial charge in [-0.15, -0.1) is 11.5 Å². The van der Waals surface area contributed by atoms with E-state index < -0.39 is 0 Å². The molecule has 0 saturated carbocycles. The van der Waals surface area contributed by atoms with Crippen molar-refractivity contribution in [1.82, 2.24) is 0 Å². The van der Waals surface area contributed by atoms with Crippen molar-refractivity contribution in [1.29, 1.82) is 0 Å². The van der Waals surface area contributed by atoms with Gasteiger partial charge in [-0.1, -0.05) is 131 Å². The zero-order valence-corrected chi connectivity index (χ0v) is 27.9. The van der Waals surface area contributed by atoms with E-state index >= 15 is 0 Å². The van der Waals surface area contributed by atoms with E-state index in [2.05, 4.69) is 116 Å². The average Bonchev–Trinajstić information content (AvgIpc) is 2.80. The summed E-state index contributed by atoms with van der Waals surface area (Å²) in [4.78, 5) is 25.9. The molecule has 210 valence electrons. The number of ketones is 2. The van der Waals surface area contributed by atoms with Crippen molar-refractivity contribution in [3.63, 3.8) is 0 Å². The highest BCUT2D eigenvalue weighted by molar-refractivity contribution is 14.1. The molecule has 0 aliphatic rings. The van der Waals surface area contributed by atoms with Crippen molar-refractivity contribution in [3.8, 4) is 0 Å². The van der Waals surface area contributed by atoms with Gasteiger partial charge in [0.25, 0.3) is 0 Å². The lowest BCUT2D eigenvalue weighted by Gasteiger charge is -2.31. The Morgan fingerprint density at radius 2 is 1.42 bits per heavy atom. The lowest BCUT2D eigenvalue weighted by Crippen LogP contribution is -2.31. The number of hydrogen-bond acceptors (Lipinski definition) is 2. The Kier molecular flexibility index (Phi) is 25.6. The molecule has 0 aromatic heterocycles. The minimum atomic E-state index is -0.138. The van der Waals surface area contributed by atoms with Crippen molar-refractivity contribution >= 4 is 34.2 Å². The highest BCUT2D eigenvalue weighted by atomic mass is 127. The molecule has 0 radical (unpaired) electrons. The molecule has 0 aliphatic heterocycles. The van der Waals surface area contributed by atoms with Crippen molar-refractivity contribution < 1.29 is 9.59 Å².